The number of hydrogen-bond donors (Lipinski definition) is 1. The summed E-state index contributed by atoms with van der Waals surface area (Å²) in [5, 5.41) is 11.7. The molecule has 4 nitrogen and oxygen atoms in total. The van der Waals surface area contributed by atoms with Gasteiger partial charge in [0, 0.05) is 25.6 Å². The van der Waals surface area contributed by atoms with E-state index in [1.165, 1.54) is 12.8 Å². The van der Waals surface area contributed by atoms with Gasteiger partial charge in [0.1, 0.15) is 5.75 Å². The molecule has 0 amide bonds. The second-order valence-corrected chi connectivity index (χ2v) is 8.10. The van der Waals surface area contributed by atoms with Crippen molar-refractivity contribution in [3.8, 4) is 5.75 Å². The summed E-state index contributed by atoms with van der Waals surface area (Å²) in [6, 6.07) is 18.3. The maximum absolute atomic E-state index is 11.7. The molecule has 0 spiro atoms. The zero-order chi connectivity index (χ0) is 20.5. The third-order valence-corrected chi connectivity index (χ3v) is 5.88. The van der Waals surface area contributed by atoms with Crippen molar-refractivity contribution in [2.24, 2.45) is 0 Å². The lowest BCUT2D eigenvalue weighted by Gasteiger charge is -2.38. The molecule has 1 saturated heterocycles. The van der Waals surface area contributed by atoms with Gasteiger partial charge in [-0.25, -0.2) is 0 Å². The fraction of sp³-hybridized carbons (Fsp3) is 0.520. The highest BCUT2D eigenvalue weighted by molar-refractivity contribution is 5.85. The Bertz CT molecular complexity index is 715. The van der Waals surface area contributed by atoms with Crippen molar-refractivity contribution < 1.29 is 14.6 Å². The predicted molar refractivity (Wildman–Crippen MR) is 125 cm³/mol. The molecule has 1 aliphatic rings. The van der Waals surface area contributed by atoms with Gasteiger partial charge in [0.25, 0.3) is 0 Å². The van der Waals surface area contributed by atoms with Crippen LogP contribution in [0.4, 0.5) is 0 Å². The minimum atomic E-state index is -0.986. The molecule has 1 N–H and O–H groups in total. The average molecular weight is 434 g/mol. The van der Waals surface area contributed by atoms with Crippen LogP contribution < -0.4 is 4.74 Å². The maximum Gasteiger partial charge on any atom is 0.119 e. The van der Waals surface area contributed by atoms with Crippen LogP contribution in [0.1, 0.15) is 50.2 Å². The Kier molecular flexibility index (Phi) is 10.1. The van der Waals surface area contributed by atoms with E-state index in [0.29, 0.717) is 0 Å². The molecule has 166 valence electrons. The molecule has 0 aromatic heterocycles. The molecule has 1 heterocycles. The van der Waals surface area contributed by atoms with Crippen molar-refractivity contribution >= 4 is 12.4 Å². The summed E-state index contributed by atoms with van der Waals surface area (Å²) in [5.74, 6) is 0.836. The van der Waals surface area contributed by atoms with E-state index in [9.17, 15) is 5.11 Å². The monoisotopic (exact) mass is 433 g/mol. The highest BCUT2D eigenvalue weighted by Gasteiger charge is 2.36. The smallest absolute Gasteiger partial charge is 0.119 e. The Balaban J connectivity index is 0.00000320. The molecule has 2 aromatic rings. The van der Waals surface area contributed by atoms with Gasteiger partial charge < -0.3 is 14.6 Å². The number of aliphatic hydroxyl groups is 1. The molecule has 0 saturated carbocycles. The zero-order valence-corrected chi connectivity index (χ0v) is 19.1. The minimum absolute atomic E-state index is 0. The Morgan fingerprint density at radius 3 is 2.33 bits per heavy atom. The van der Waals surface area contributed by atoms with Crippen LogP contribution in [0.5, 0.6) is 5.75 Å². The highest BCUT2D eigenvalue weighted by atomic mass is 35.5. The van der Waals surface area contributed by atoms with Gasteiger partial charge in [0.15, 0.2) is 0 Å². The van der Waals surface area contributed by atoms with Crippen molar-refractivity contribution in [3.63, 3.8) is 0 Å². The van der Waals surface area contributed by atoms with Crippen molar-refractivity contribution in [2.75, 3.05) is 39.5 Å². The second-order valence-electron chi connectivity index (χ2n) is 8.10. The van der Waals surface area contributed by atoms with Crippen LogP contribution in [0.3, 0.4) is 0 Å². The van der Waals surface area contributed by atoms with Gasteiger partial charge in [-0.1, -0.05) is 62.2 Å². The molecule has 2 aromatic carbocycles. The normalized spacial score (nSPS) is 17.6. The summed E-state index contributed by atoms with van der Waals surface area (Å²) in [6.07, 6.45) is 3.45. The maximum atomic E-state index is 11.7. The zero-order valence-electron chi connectivity index (χ0n) is 18.3. The first-order valence-electron chi connectivity index (χ1n) is 10.9. The Morgan fingerprint density at radius 2 is 1.70 bits per heavy atom. The van der Waals surface area contributed by atoms with E-state index in [2.05, 4.69) is 24.0 Å². The van der Waals surface area contributed by atoms with Crippen molar-refractivity contribution in [2.45, 2.75) is 44.6 Å². The van der Waals surface area contributed by atoms with Crippen LogP contribution in [0.15, 0.2) is 54.6 Å². The predicted octanol–water partition coefficient (Wildman–Crippen LogP) is 5.00. The molecule has 1 fully saturated rings. The molecule has 0 radical (unpaired) electrons. The number of benzene rings is 2. The lowest BCUT2D eigenvalue weighted by Crippen LogP contribution is -2.43. The Morgan fingerprint density at radius 1 is 1.03 bits per heavy atom. The van der Waals surface area contributed by atoms with E-state index in [0.717, 1.165) is 62.8 Å². The summed E-state index contributed by atoms with van der Waals surface area (Å²) < 4.78 is 11.3. The van der Waals surface area contributed by atoms with Gasteiger partial charge in [-0.05, 0) is 36.6 Å². The number of hydrogen-bond acceptors (Lipinski definition) is 4. The number of unbranched alkanes of at least 4 members (excludes halogenated alkanes) is 2. The standard InChI is InChI=1S/C25H35NO3.ClH/c1-3-4-8-17-29-23-13-11-22(12-14-23)25(2,27)24(21-9-6-5-7-10-21)20-26-15-18-28-19-16-26;/h5-7,9-14,24,27H,3-4,8,15-20H2,1-2H3;1H. The van der Waals surface area contributed by atoms with Gasteiger partial charge in [0.05, 0.1) is 25.4 Å². The van der Waals surface area contributed by atoms with Crippen LogP contribution in [0.25, 0.3) is 0 Å². The largest absolute Gasteiger partial charge is 0.494 e. The third kappa shape index (κ3) is 6.71. The van der Waals surface area contributed by atoms with Crippen LogP contribution >= 0.6 is 12.4 Å². The van der Waals surface area contributed by atoms with E-state index in [-0.39, 0.29) is 18.3 Å². The van der Waals surface area contributed by atoms with Crippen LogP contribution in [-0.4, -0.2) is 49.5 Å². The van der Waals surface area contributed by atoms with E-state index in [4.69, 9.17) is 9.47 Å². The molecule has 2 unspecified atom stereocenters. The van der Waals surface area contributed by atoms with Crippen LogP contribution in [0, 0.1) is 0 Å². The van der Waals surface area contributed by atoms with Crippen molar-refractivity contribution in [1.29, 1.82) is 0 Å². The van der Waals surface area contributed by atoms with Gasteiger partial charge in [-0.15, -0.1) is 12.4 Å². The molecule has 2 atom stereocenters. The first kappa shape index (κ1) is 24.7. The first-order valence-corrected chi connectivity index (χ1v) is 10.9. The lowest BCUT2D eigenvalue weighted by atomic mass is 9.78. The quantitative estimate of drug-likeness (QED) is 0.535. The number of ether oxygens (including phenoxy) is 2. The van der Waals surface area contributed by atoms with E-state index in [1.807, 2.05) is 49.4 Å². The number of halogens is 1. The van der Waals surface area contributed by atoms with E-state index >= 15 is 0 Å². The van der Waals surface area contributed by atoms with Gasteiger partial charge in [0.2, 0.25) is 0 Å². The number of nitrogens with zero attached hydrogens (tertiary/aromatic N) is 1. The summed E-state index contributed by atoms with van der Waals surface area (Å²) in [6.45, 7) is 9.00. The Hall–Kier alpha value is -1.59. The molecular weight excluding hydrogens is 398 g/mol. The molecule has 5 heteroatoms. The van der Waals surface area contributed by atoms with Gasteiger partial charge >= 0.3 is 0 Å². The summed E-state index contributed by atoms with van der Waals surface area (Å²) in [5.41, 5.74) is 1.09. The van der Waals surface area contributed by atoms with E-state index < -0.39 is 5.60 Å². The van der Waals surface area contributed by atoms with Crippen LogP contribution in [-0.2, 0) is 10.3 Å². The minimum Gasteiger partial charge on any atom is -0.494 e. The van der Waals surface area contributed by atoms with Gasteiger partial charge in [-0.3, -0.25) is 4.90 Å². The topological polar surface area (TPSA) is 41.9 Å². The summed E-state index contributed by atoms with van der Waals surface area (Å²) in [7, 11) is 0. The average Bonchev–Trinajstić information content (AvgIpc) is 2.77. The molecule has 1 aliphatic heterocycles. The van der Waals surface area contributed by atoms with Crippen LogP contribution in [0.2, 0.25) is 0 Å². The molecule has 30 heavy (non-hydrogen) atoms. The van der Waals surface area contributed by atoms with Gasteiger partial charge in [-0.2, -0.15) is 0 Å². The molecule has 3 rings (SSSR count). The lowest BCUT2D eigenvalue weighted by molar-refractivity contribution is -0.0107. The number of morpholine rings is 1. The number of rotatable bonds is 10. The highest BCUT2D eigenvalue weighted by Crippen LogP contribution is 2.38. The summed E-state index contributed by atoms with van der Waals surface area (Å²) >= 11 is 0. The molecular formula is C25H36ClNO3. The third-order valence-electron chi connectivity index (χ3n) is 5.88. The summed E-state index contributed by atoms with van der Waals surface area (Å²) in [4.78, 5) is 2.39. The van der Waals surface area contributed by atoms with E-state index in [1.54, 1.807) is 0 Å². The fourth-order valence-electron chi connectivity index (χ4n) is 3.97. The fourth-order valence-corrected chi connectivity index (χ4v) is 3.97. The van der Waals surface area contributed by atoms with Crippen molar-refractivity contribution in [1.82, 2.24) is 4.90 Å². The molecule has 0 aliphatic carbocycles. The first-order chi connectivity index (χ1) is 14.1. The Labute approximate surface area is 187 Å². The second kappa shape index (κ2) is 12.3. The molecule has 0 bridgehead atoms. The van der Waals surface area contributed by atoms with Crippen molar-refractivity contribution in [3.05, 3.63) is 65.7 Å². The SMILES string of the molecule is CCCCCOc1ccc(C(C)(O)C(CN2CCOCC2)c2ccccc2)cc1.Cl.